The number of piperidine rings is 1. The number of nitrogens with two attached hydrogens (primary N) is 1. The summed E-state index contributed by atoms with van der Waals surface area (Å²) in [6.45, 7) is 0. The van der Waals surface area contributed by atoms with Crippen LogP contribution in [0.2, 0.25) is 5.02 Å². The predicted octanol–water partition coefficient (Wildman–Crippen LogP) is 1.64. The van der Waals surface area contributed by atoms with Crippen LogP contribution in [-0.4, -0.2) is 16.9 Å². The van der Waals surface area contributed by atoms with Crippen molar-refractivity contribution in [3.8, 4) is 6.07 Å². The minimum Gasteiger partial charge on any atom is -0.369 e. The van der Waals surface area contributed by atoms with E-state index >= 15 is 0 Å². The molecule has 2 aromatic carbocycles. The first-order valence-corrected chi connectivity index (χ1v) is 8.30. The van der Waals surface area contributed by atoms with Gasteiger partial charge in [0.1, 0.15) is 11.8 Å². The molecule has 4 N–H and O–H groups in total. The SMILES string of the molecule is N#C[C@H]1[C@H](c2ccc(Cl)cc2)[C@H](C(N)=O)C(=O)N[C@@]1(O)c1ccccc1. The van der Waals surface area contributed by atoms with E-state index < -0.39 is 35.3 Å². The quantitative estimate of drug-likeness (QED) is 0.713. The molecule has 26 heavy (non-hydrogen) atoms. The van der Waals surface area contributed by atoms with Crippen molar-refractivity contribution in [2.75, 3.05) is 0 Å². The van der Waals surface area contributed by atoms with Gasteiger partial charge in [0.25, 0.3) is 0 Å². The van der Waals surface area contributed by atoms with Gasteiger partial charge in [-0.2, -0.15) is 5.26 Å². The summed E-state index contributed by atoms with van der Waals surface area (Å²) in [7, 11) is 0. The van der Waals surface area contributed by atoms with Crippen molar-refractivity contribution in [2.45, 2.75) is 11.6 Å². The number of amides is 2. The number of hydrogen-bond donors (Lipinski definition) is 3. The monoisotopic (exact) mass is 369 g/mol. The lowest BCUT2D eigenvalue weighted by atomic mass is 9.67. The summed E-state index contributed by atoms with van der Waals surface area (Å²) in [4.78, 5) is 24.6. The molecule has 3 rings (SSSR count). The summed E-state index contributed by atoms with van der Waals surface area (Å²) in [5.41, 5.74) is 4.36. The highest BCUT2D eigenvalue weighted by atomic mass is 35.5. The van der Waals surface area contributed by atoms with Gasteiger partial charge in [0.05, 0.1) is 6.07 Å². The number of aliphatic hydroxyl groups is 1. The van der Waals surface area contributed by atoms with Crippen molar-refractivity contribution in [3.63, 3.8) is 0 Å². The number of carbonyl (C=O) groups excluding carboxylic acids is 2. The Hall–Kier alpha value is -2.88. The molecule has 1 saturated heterocycles. The molecule has 0 unspecified atom stereocenters. The number of nitriles is 1. The molecular formula is C19H16ClN3O3. The molecule has 1 aliphatic heterocycles. The zero-order valence-corrected chi connectivity index (χ0v) is 14.4. The maximum Gasteiger partial charge on any atom is 0.235 e. The van der Waals surface area contributed by atoms with Gasteiger partial charge in [0.2, 0.25) is 11.8 Å². The van der Waals surface area contributed by atoms with Crippen LogP contribution < -0.4 is 11.1 Å². The Labute approximate surface area is 155 Å². The van der Waals surface area contributed by atoms with Crippen LogP contribution in [0, 0.1) is 23.2 Å². The first-order chi connectivity index (χ1) is 12.4. The van der Waals surface area contributed by atoms with Crippen LogP contribution in [-0.2, 0) is 15.3 Å². The van der Waals surface area contributed by atoms with Crippen molar-refractivity contribution in [3.05, 3.63) is 70.7 Å². The van der Waals surface area contributed by atoms with Crippen molar-refractivity contribution >= 4 is 23.4 Å². The lowest BCUT2D eigenvalue weighted by Gasteiger charge is -2.44. The summed E-state index contributed by atoms with van der Waals surface area (Å²) in [6.07, 6.45) is 0. The normalized spacial score (nSPS) is 28.0. The average molecular weight is 370 g/mol. The van der Waals surface area contributed by atoms with Crippen molar-refractivity contribution in [1.29, 1.82) is 5.26 Å². The molecular weight excluding hydrogens is 354 g/mol. The van der Waals surface area contributed by atoms with Crippen LogP contribution in [0.4, 0.5) is 0 Å². The molecule has 1 fully saturated rings. The highest BCUT2D eigenvalue weighted by Crippen LogP contribution is 2.45. The summed E-state index contributed by atoms with van der Waals surface area (Å²) >= 11 is 5.92. The number of halogens is 1. The molecule has 0 aromatic heterocycles. The summed E-state index contributed by atoms with van der Waals surface area (Å²) in [5, 5.41) is 23.9. The molecule has 1 heterocycles. The molecule has 2 amide bonds. The van der Waals surface area contributed by atoms with Gasteiger partial charge in [0, 0.05) is 16.5 Å². The zero-order valence-electron chi connectivity index (χ0n) is 13.6. The summed E-state index contributed by atoms with van der Waals surface area (Å²) < 4.78 is 0. The standard InChI is InChI=1S/C19H16ClN3O3/c20-13-8-6-11(7-9-13)15-14(10-21)19(26,12-4-2-1-3-5-12)23-18(25)16(15)17(22)24/h1-9,14-16,26H,(H2,22,24)(H,23,25)/t14-,15-,16+,19+/m0/s1. The van der Waals surface area contributed by atoms with Crippen molar-refractivity contribution < 1.29 is 14.7 Å². The van der Waals surface area contributed by atoms with Gasteiger partial charge >= 0.3 is 0 Å². The van der Waals surface area contributed by atoms with E-state index in [9.17, 15) is 20.0 Å². The smallest absolute Gasteiger partial charge is 0.235 e. The third-order valence-electron chi connectivity index (χ3n) is 4.68. The molecule has 0 bridgehead atoms. The molecule has 7 heteroatoms. The van der Waals surface area contributed by atoms with E-state index in [1.807, 2.05) is 0 Å². The molecule has 0 spiro atoms. The first-order valence-electron chi connectivity index (χ1n) is 7.93. The molecule has 0 saturated carbocycles. The molecule has 0 radical (unpaired) electrons. The number of nitrogens with one attached hydrogen (secondary N) is 1. The number of rotatable bonds is 3. The Morgan fingerprint density at radius 3 is 2.35 bits per heavy atom. The highest BCUT2D eigenvalue weighted by molar-refractivity contribution is 6.30. The van der Waals surface area contributed by atoms with Gasteiger partial charge in [-0.3, -0.25) is 9.59 Å². The fourth-order valence-electron chi connectivity index (χ4n) is 3.45. The maximum absolute atomic E-state index is 12.6. The van der Waals surface area contributed by atoms with E-state index in [-0.39, 0.29) is 0 Å². The second kappa shape index (κ2) is 6.79. The lowest BCUT2D eigenvalue weighted by Crippen LogP contribution is -2.62. The van der Waals surface area contributed by atoms with Crippen LogP contribution in [0.5, 0.6) is 0 Å². The average Bonchev–Trinajstić information content (AvgIpc) is 2.62. The van der Waals surface area contributed by atoms with Crippen molar-refractivity contribution in [2.24, 2.45) is 17.6 Å². The van der Waals surface area contributed by atoms with Crippen molar-refractivity contribution in [1.82, 2.24) is 5.32 Å². The van der Waals surface area contributed by atoms with Crippen LogP contribution in [0.3, 0.4) is 0 Å². The van der Waals surface area contributed by atoms with Gasteiger partial charge in [-0.1, -0.05) is 54.1 Å². The number of primary amides is 1. The van der Waals surface area contributed by atoms with E-state index in [4.69, 9.17) is 17.3 Å². The summed E-state index contributed by atoms with van der Waals surface area (Å²) in [6, 6.07) is 16.8. The third-order valence-corrected chi connectivity index (χ3v) is 4.93. The molecule has 6 nitrogen and oxygen atoms in total. The van der Waals surface area contributed by atoms with Crippen LogP contribution in [0.1, 0.15) is 17.0 Å². The molecule has 1 aliphatic rings. The molecule has 0 aliphatic carbocycles. The maximum atomic E-state index is 12.6. The number of hydrogen-bond acceptors (Lipinski definition) is 4. The Bertz CT molecular complexity index is 879. The van der Waals surface area contributed by atoms with Gasteiger partial charge < -0.3 is 16.2 Å². The molecule has 2 aromatic rings. The number of benzene rings is 2. The second-order valence-corrected chi connectivity index (χ2v) is 6.62. The highest BCUT2D eigenvalue weighted by Gasteiger charge is 2.55. The fraction of sp³-hybridized carbons (Fsp3) is 0.211. The van der Waals surface area contributed by atoms with Gasteiger partial charge in [-0.25, -0.2) is 0 Å². The second-order valence-electron chi connectivity index (χ2n) is 6.19. The molecule has 4 atom stereocenters. The Kier molecular flexibility index (Phi) is 4.68. The lowest BCUT2D eigenvalue weighted by molar-refractivity contribution is -0.153. The predicted molar refractivity (Wildman–Crippen MR) is 94.5 cm³/mol. The third kappa shape index (κ3) is 2.92. The van der Waals surface area contributed by atoms with E-state index in [2.05, 4.69) is 11.4 Å². The van der Waals surface area contributed by atoms with Crippen LogP contribution >= 0.6 is 11.6 Å². The van der Waals surface area contributed by atoms with Crippen LogP contribution in [0.15, 0.2) is 54.6 Å². The van der Waals surface area contributed by atoms with E-state index in [1.54, 1.807) is 54.6 Å². The Morgan fingerprint density at radius 2 is 1.81 bits per heavy atom. The van der Waals surface area contributed by atoms with E-state index in [0.717, 1.165) is 0 Å². The Balaban J connectivity index is 2.18. The fourth-order valence-corrected chi connectivity index (χ4v) is 3.58. The van der Waals surface area contributed by atoms with Gasteiger partial charge in [0.15, 0.2) is 5.72 Å². The Morgan fingerprint density at radius 1 is 1.19 bits per heavy atom. The van der Waals surface area contributed by atoms with E-state index in [0.29, 0.717) is 16.1 Å². The number of nitrogens with zero attached hydrogens (tertiary/aromatic N) is 1. The van der Waals surface area contributed by atoms with Gasteiger partial charge in [-0.15, -0.1) is 0 Å². The molecule has 132 valence electrons. The number of carbonyl (C=O) groups is 2. The summed E-state index contributed by atoms with van der Waals surface area (Å²) in [5.74, 6) is -4.94. The minimum absolute atomic E-state index is 0.349. The van der Waals surface area contributed by atoms with E-state index in [1.165, 1.54) is 0 Å². The minimum atomic E-state index is -1.96. The van der Waals surface area contributed by atoms with Crippen LogP contribution in [0.25, 0.3) is 0 Å². The van der Waals surface area contributed by atoms with Gasteiger partial charge in [-0.05, 0) is 17.7 Å². The first kappa shape index (κ1) is 17.9. The topological polar surface area (TPSA) is 116 Å². The largest absolute Gasteiger partial charge is 0.369 e. The zero-order chi connectivity index (χ0) is 18.9.